The maximum atomic E-state index is 12.9. The number of alkyl halides is 3. The minimum atomic E-state index is -4.73. The van der Waals surface area contributed by atoms with Crippen LogP contribution in [0.15, 0.2) is 64.6 Å². The van der Waals surface area contributed by atoms with E-state index in [1.807, 2.05) is 30.3 Å². The lowest BCUT2D eigenvalue weighted by Gasteiger charge is -2.09. The van der Waals surface area contributed by atoms with E-state index >= 15 is 0 Å². The molecular weight excluding hydrogens is 471 g/mol. The normalized spacial score (nSPS) is 16.2. The zero-order valence-electron chi connectivity index (χ0n) is 17.1. The van der Waals surface area contributed by atoms with Crippen LogP contribution in [0.2, 0.25) is 0 Å². The number of benzodiazepines with no additional fused rings is 1. The first-order chi connectivity index (χ1) is 16.1. The number of carbonyl (C=O) groups is 1. The number of para-hydroxylation sites is 1. The van der Waals surface area contributed by atoms with Crippen molar-refractivity contribution in [3.63, 3.8) is 0 Å². The number of nitrogens with one attached hydrogen (secondary N) is 2. The number of amides is 1. The summed E-state index contributed by atoms with van der Waals surface area (Å²) in [5, 5.41) is 8.99. The average molecular weight is 487 g/mol. The minimum absolute atomic E-state index is 0.161. The van der Waals surface area contributed by atoms with E-state index in [1.54, 1.807) is 24.3 Å². The SMILES string of the molecule is N=C(OC(N)=NC1N=C(c2ccccc2)c2ccccc2NC1=O)c1nc(C(F)(F)F)sc1N. The first kappa shape index (κ1) is 22.9. The summed E-state index contributed by atoms with van der Waals surface area (Å²) in [4.78, 5) is 24.4. The second-order valence-corrected chi connectivity index (χ2v) is 7.91. The molecule has 0 radical (unpaired) electrons. The Labute approximate surface area is 194 Å². The molecule has 1 unspecified atom stereocenters. The zero-order chi connectivity index (χ0) is 24.5. The number of rotatable bonds is 3. The molecule has 0 aliphatic carbocycles. The van der Waals surface area contributed by atoms with Gasteiger partial charge in [0.2, 0.25) is 17.1 Å². The minimum Gasteiger partial charge on any atom is -0.405 e. The van der Waals surface area contributed by atoms with Gasteiger partial charge in [-0.05, 0) is 6.07 Å². The lowest BCUT2D eigenvalue weighted by atomic mass is 10.0. The number of aliphatic imine (C=N–C) groups is 2. The molecule has 1 aliphatic heterocycles. The standard InChI is InChI=1S/C21H16F3N7O2S/c22-21(23,24)19-30-14(16(26)34-19)15(25)33-20(27)31-17-18(32)28-12-9-5-4-8-11(12)13(29-17)10-6-2-1-3-7-10/h1-9,17,25H,26H2,(H2,27,31)(H,28,32). The lowest BCUT2D eigenvalue weighted by Crippen LogP contribution is -2.29. The molecule has 2 heterocycles. The summed E-state index contributed by atoms with van der Waals surface area (Å²) in [5.41, 5.74) is 13.1. The van der Waals surface area contributed by atoms with Crippen molar-refractivity contribution < 1.29 is 22.7 Å². The predicted molar refractivity (Wildman–Crippen MR) is 122 cm³/mol. The highest BCUT2D eigenvalue weighted by Gasteiger charge is 2.36. The Morgan fingerprint density at radius 1 is 1.15 bits per heavy atom. The molecule has 6 N–H and O–H groups in total. The van der Waals surface area contributed by atoms with Gasteiger partial charge in [-0.3, -0.25) is 10.2 Å². The van der Waals surface area contributed by atoms with Crippen LogP contribution in [0.4, 0.5) is 23.9 Å². The van der Waals surface area contributed by atoms with Crippen molar-refractivity contribution >= 4 is 45.6 Å². The third-order valence-corrected chi connectivity index (χ3v) is 5.47. The summed E-state index contributed by atoms with van der Waals surface area (Å²) in [7, 11) is 0. The van der Waals surface area contributed by atoms with Crippen LogP contribution in [0.1, 0.15) is 21.8 Å². The van der Waals surface area contributed by atoms with E-state index in [0.29, 0.717) is 22.5 Å². The highest BCUT2D eigenvalue weighted by molar-refractivity contribution is 7.16. The van der Waals surface area contributed by atoms with Crippen molar-refractivity contribution in [3.8, 4) is 0 Å². The van der Waals surface area contributed by atoms with Crippen LogP contribution in [0.5, 0.6) is 0 Å². The third-order valence-electron chi connectivity index (χ3n) is 4.54. The van der Waals surface area contributed by atoms with Gasteiger partial charge in [0.15, 0.2) is 5.69 Å². The summed E-state index contributed by atoms with van der Waals surface area (Å²) in [6.45, 7) is 0. The molecule has 0 saturated heterocycles. The number of halogens is 3. The van der Waals surface area contributed by atoms with E-state index < -0.39 is 40.9 Å². The summed E-state index contributed by atoms with van der Waals surface area (Å²) in [6.07, 6.45) is -6.12. The number of nitrogens with two attached hydrogens (primary N) is 2. The number of carbonyl (C=O) groups excluding carboxylic acids is 1. The number of amidine groups is 1. The zero-order valence-corrected chi connectivity index (χ0v) is 17.9. The van der Waals surface area contributed by atoms with Crippen LogP contribution in [0.25, 0.3) is 0 Å². The van der Waals surface area contributed by atoms with Crippen molar-refractivity contribution in [3.05, 3.63) is 76.4 Å². The monoisotopic (exact) mass is 487 g/mol. The number of ether oxygens (including phenoxy) is 1. The predicted octanol–water partition coefficient (Wildman–Crippen LogP) is 3.22. The Kier molecular flexibility index (Phi) is 6.03. The maximum Gasteiger partial charge on any atom is 0.443 e. The van der Waals surface area contributed by atoms with Gasteiger partial charge >= 0.3 is 6.18 Å². The summed E-state index contributed by atoms with van der Waals surface area (Å²) >= 11 is 0.161. The molecule has 174 valence electrons. The number of hydrogen-bond donors (Lipinski definition) is 4. The van der Waals surface area contributed by atoms with Crippen molar-refractivity contribution in [1.29, 1.82) is 5.41 Å². The summed E-state index contributed by atoms with van der Waals surface area (Å²) in [6, 6.07) is 15.4. The van der Waals surface area contributed by atoms with Gasteiger partial charge in [0.1, 0.15) is 5.00 Å². The summed E-state index contributed by atoms with van der Waals surface area (Å²) in [5.74, 6) is -1.47. The molecule has 1 atom stereocenters. The molecule has 3 aromatic rings. The fourth-order valence-corrected chi connectivity index (χ4v) is 3.77. The van der Waals surface area contributed by atoms with Gasteiger partial charge in [-0.1, -0.05) is 59.9 Å². The molecule has 1 amide bonds. The highest BCUT2D eigenvalue weighted by Crippen LogP contribution is 2.35. The molecule has 4 rings (SSSR count). The molecule has 0 bridgehead atoms. The lowest BCUT2D eigenvalue weighted by molar-refractivity contribution is -0.137. The Hall–Kier alpha value is -4.26. The van der Waals surface area contributed by atoms with E-state index in [1.165, 1.54) is 0 Å². The largest absolute Gasteiger partial charge is 0.443 e. The Bertz CT molecular complexity index is 1320. The fourth-order valence-electron chi connectivity index (χ4n) is 3.08. The van der Waals surface area contributed by atoms with Crippen molar-refractivity contribution in [2.24, 2.45) is 15.7 Å². The Morgan fingerprint density at radius 2 is 1.82 bits per heavy atom. The highest BCUT2D eigenvalue weighted by atomic mass is 32.1. The van der Waals surface area contributed by atoms with Gasteiger partial charge < -0.3 is 21.5 Å². The van der Waals surface area contributed by atoms with Crippen LogP contribution in [0.3, 0.4) is 0 Å². The Morgan fingerprint density at radius 3 is 2.50 bits per heavy atom. The molecule has 1 aromatic heterocycles. The van der Waals surface area contributed by atoms with Gasteiger partial charge in [-0.15, -0.1) is 0 Å². The molecule has 2 aromatic carbocycles. The van der Waals surface area contributed by atoms with Gasteiger partial charge in [-0.25, -0.2) is 9.98 Å². The van der Waals surface area contributed by atoms with Crippen LogP contribution in [0, 0.1) is 5.41 Å². The van der Waals surface area contributed by atoms with E-state index in [0.717, 1.165) is 0 Å². The number of nitrogens with zero attached hydrogens (tertiary/aromatic N) is 3. The van der Waals surface area contributed by atoms with Gasteiger partial charge in [0.05, 0.1) is 11.4 Å². The van der Waals surface area contributed by atoms with Gasteiger partial charge in [0.25, 0.3) is 11.9 Å². The number of benzene rings is 2. The first-order valence-corrected chi connectivity index (χ1v) is 10.4. The smallest absolute Gasteiger partial charge is 0.405 e. The molecule has 0 fully saturated rings. The molecule has 9 nitrogen and oxygen atoms in total. The second kappa shape index (κ2) is 8.94. The topological polar surface area (TPSA) is 152 Å². The first-order valence-electron chi connectivity index (χ1n) is 9.60. The number of aromatic nitrogens is 1. The van der Waals surface area contributed by atoms with E-state index in [4.69, 9.17) is 21.6 Å². The van der Waals surface area contributed by atoms with Crippen LogP contribution in [-0.2, 0) is 15.7 Å². The van der Waals surface area contributed by atoms with E-state index in [9.17, 15) is 18.0 Å². The number of fused-ring (bicyclic) bond motifs is 1. The van der Waals surface area contributed by atoms with Crippen LogP contribution in [-0.4, -0.2) is 34.7 Å². The Balaban J connectivity index is 1.64. The van der Waals surface area contributed by atoms with E-state index in [2.05, 4.69) is 20.3 Å². The van der Waals surface area contributed by atoms with Crippen molar-refractivity contribution in [2.45, 2.75) is 12.3 Å². The van der Waals surface area contributed by atoms with Crippen molar-refractivity contribution in [2.75, 3.05) is 11.1 Å². The van der Waals surface area contributed by atoms with Crippen molar-refractivity contribution in [1.82, 2.24) is 4.98 Å². The molecular formula is C21H16F3N7O2S. The molecule has 0 spiro atoms. The fraction of sp³-hybridized carbons (Fsp3) is 0.0952. The molecule has 0 saturated carbocycles. The third kappa shape index (κ3) is 4.73. The summed E-state index contributed by atoms with van der Waals surface area (Å²) < 4.78 is 43.6. The van der Waals surface area contributed by atoms with Crippen LogP contribution < -0.4 is 16.8 Å². The average Bonchev–Trinajstić information content (AvgIpc) is 3.14. The quantitative estimate of drug-likeness (QED) is 0.330. The molecule has 13 heteroatoms. The second-order valence-electron chi connectivity index (χ2n) is 6.88. The number of anilines is 2. The maximum absolute atomic E-state index is 12.9. The number of hydrogen-bond acceptors (Lipinski definition) is 8. The van der Waals surface area contributed by atoms with E-state index in [-0.39, 0.29) is 16.3 Å². The number of nitrogen functional groups attached to an aromatic ring is 1. The van der Waals surface area contributed by atoms with Crippen LogP contribution >= 0.6 is 11.3 Å². The number of thiazole rings is 1. The van der Waals surface area contributed by atoms with Gasteiger partial charge in [-0.2, -0.15) is 18.2 Å². The van der Waals surface area contributed by atoms with Gasteiger partial charge in [0, 0.05) is 11.1 Å². The molecule has 34 heavy (non-hydrogen) atoms. The molecule has 1 aliphatic rings.